The Labute approximate surface area is 123 Å². The molecule has 1 saturated carbocycles. The van der Waals surface area contributed by atoms with Crippen LogP contribution in [0.25, 0.3) is 0 Å². The van der Waals surface area contributed by atoms with Crippen LogP contribution in [0.2, 0.25) is 0 Å². The number of aliphatic hydroxyl groups excluding tert-OH is 2. The lowest BCUT2D eigenvalue weighted by Crippen LogP contribution is -2.36. The number of hydrogen-bond acceptors (Lipinski definition) is 3. The number of rotatable bonds is 4. The minimum Gasteiger partial charge on any atom is -0.390 e. The topological polar surface area (TPSA) is 58.3 Å². The van der Waals surface area contributed by atoms with E-state index >= 15 is 0 Å². The molecule has 0 saturated heterocycles. The first kappa shape index (κ1) is 15.0. The summed E-state index contributed by atoms with van der Waals surface area (Å²) in [5, 5.41) is 24.9. The van der Waals surface area contributed by atoms with Gasteiger partial charge in [-0.25, -0.2) is 0 Å². The Morgan fingerprint density at radius 3 is 2.47 bits per heavy atom. The van der Waals surface area contributed by atoms with E-state index in [0.717, 1.165) is 28.7 Å². The highest BCUT2D eigenvalue weighted by Gasteiger charge is 2.29. The molecule has 19 heavy (non-hydrogen) atoms. The summed E-state index contributed by atoms with van der Waals surface area (Å²) < 4.78 is 2.71. The van der Waals surface area contributed by atoms with Gasteiger partial charge in [-0.1, -0.05) is 19.3 Å². The van der Waals surface area contributed by atoms with Gasteiger partial charge in [-0.2, -0.15) is 5.10 Å². The molecule has 1 aliphatic rings. The minimum absolute atomic E-state index is 0.247. The van der Waals surface area contributed by atoms with Crippen LogP contribution in [0.4, 0.5) is 0 Å². The smallest absolute Gasteiger partial charge is 0.0857 e. The molecule has 108 valence electrons. The molecule has 4 nitrogen and oxygen atoms in total. The van der Waals surface area contributed by atoms with Gasteiger partial charge >= 0.3 is 0 Å². The number of aromatic nitrogens is 2. The Kier molecular flexibility index (Phi) is 5.03. The van der Waals surface area contributed by atoms with Crippen LogP contribution < -0.4 is 0 Å². The van der Waals surface area contributed by atoms with Crippen LogP contribution in [0.1, 0.15) is 43.5 Å². The first-order chi connectivity index (χ1) is 9.00. The monoisotopic (exact) mass is 330 g/mol. The molecule has 0 radical (unpaired) electrons. The third-order valence-electron chi connectivity index (χ3n) is 4.19. The highest BCUT2D eigenvalue weighted by molar-refractivity contribution is 9.10. The predicted molar refractivity (Wildman–Crippen MR) is 77.9 cm³/mol. The van der Waals surface area contributed by atoms with E-state index in [1.807, 2.05) is 14.0 Å². The summed E-state index contributed by atoms with van der Waals surface area (Å²) in [5.74, 6) is 0.247. The van der Waals surface area contributed by atoms with Gasteiger partial charge < -0.3 is 10.2 Å². The number of aryl methyl sites for hydroxylation is 2. The predicted octanol–water partition coefficient (Wildman–Crippen LogP) is 2.34. The second-order valence-electron chi connectivity index (χ2n) is 5.63. The molecule has 0 aromatic carbocycles. The first-order valence-electron chi connectivity index (χ1n) is 7.04. The molecule has 5 heteroatoms. The highest BCUT2D eigenvalue weighted by atomic mass is 79.9. The maximum atomic E-state index is 10.3. The van der Waals surface area contributed by atoms with E-state index in [-0.39, 0.29) is 5.92 Å². The van der Waals surface area contributed by atoms with Gasteiger partial charge in [0.15, 0.2) is 0 Å². The van der Waals surface area contributed by atoms with Crippen molar-refractivity contribution in [2.45, 2.75) is 57.7 Å². The zero-order valence-corrected chi connectivity index (χ0v) is 13.2. The Hall–Kier alpha value is -0.390. The molecule has 2 atom stereocenters. The van der Waals surface area contributed by atoms with Crippen molar-refractivity contribution in [1.29, 1.82) is 0 Å². The van der Waals surface area contributed by atoms with Crippen molar-refractivity contribution in [3.05, 3.63) is 15.9 Å². The molecular weight excluding hydrogens is 308 g/mol. The normalized spacial score (nSPS) is 20.5. The SMILES string of the molecule is Cc1nn(C)c(CC(O)C(O)C2CCCCC2)c1Br. The maximum Gasteiger partial charge on any atom is 0.0857 e. The molecule has 0 bridgehead atoms. The van der Waals surface area contributed by atoms with E-state index in [9.17, 15) is 10.2 Å². The number of halogens is 1. The fourth-order valence-electron chi connectivity index (χ4n) is 3.01. The molecule has 1 heterocycles. The van der Waals surface area contributed by atoms with Crippen LogP contribution in [-0.2, 0) is 13.5 Å². The summed E-state index contributed by atoms with van der Waals surface area (Å²) in [4.78, 5) is 0. The molecular formula is C14H23BrN2O2. The minimum atomic E-state index is -0.714. The van der Waals surface area contributed by atoms with Crippen molar-refractivity contribution in [2.75, 3.05) is 0 Å². The summed E-state index contributed by atoms with van der Waals surface area (Å²) in [6.45, 7) is 1.93. The molecule has 0 spiro atoms. The third-order valence-corrected chi connectivity index (χ3v) is 5.22. The van der Waals surface area contributed by atoms with E-state index < -0.39 is 12.2 Å². The van der Waals surface area contributed by atoms with E-state index in [4.69, 9.17) is 0 Å². The first-order valence-corrected chi connectivity index (χ1v) is 7.84. The standard InChI is InChI=1S/C14H23BrN2O2/c1-9-13(15)11(17(2)16-9)8-12(18)14(19)10-6-4-3-5-7-10/h10,12,14,18-19H,3-8H2,1-2H3. The van der Waals surface area contributed by atoms with Crippen LogP contribution in [0.5, 0.6) is 0 Å². The molecule has 2 rings (SSSR count). The van der Waals surface area contributed by atoms with Gasteiger partial charge in [-0.3, -0.25) is 4.68 Å². The van der Waals surface area contributed by atoms with Crippen molar-refractivity contribution < 1.29 is 10.2 Å². The Balaban J connectivity index is 2.01. The zero-order valence-electron chi connectivity index (χ0n) is 11.6. The van der Waals surface area contributed by atoms with Gasteiger partial charge in [0.25, 0.3) is 0 Å². The molecule has 1 fully saturated rings. The second kappa shape index (κ2) is 6.37. The molecule has 1 aromatic rings. The van der Waals surface area contributed by atoms with E-state index in [1.165, 1.54) is 19.3 Å². The molecule has 1 aromatic heterocycles. The van der Waals surface area contributed by atoms with Crippen LogP contribution in [0.15, 0.2) is 4.47 Å². The van der Waals surface area contributed by atoms with Gasteiger partial charge in [-0.15, -0.1) is 0 Å². The van der Waals surface area contributed by atoms with Crippen LogP contribution in [0.3, 0.4) is 0 Å². The summed E-state index contributed by atoms with van der Waals surface area (Å²) in [6, 6.07) is 0. The molecule has 1 aliphatic carbocycles. The van der Waals surface area contributed by atoms with Gasteiger partial charge in [0.2, 0.25) is 0 Å². The fraction of sp³-hybridized carbons (Fsp3) is 0.786. The number of nitrogens with zero attached hydrogens (tertiary/aromatic N) is 2. The largest absolute Gasteiger partial charge is 0.390 e. The molecule has 0 amide bonds. The summed E-state index contributed by atoms with van der Waals surface area (Å²) >= 11 is 3.50. The van der Waals surface area contributed by atoms with E-state index in [2.05, 4.69) is 21.0 Å². The van der Waals surface area contributed by atoms with Gasteiger partial charge in [-0.05, 0) is 41.6 Å². The van der Waals surface area contributed by atoms with E-state index in [1.54, 1.807) is 4.68 Å². The fourth-order valence-corrected chi connectivity index (χ4v) is 3.51. The highest BCUT2D eigenvalue weighted by Crippen LogP contribution is 2.29. The van der Waals surface area contributed by atoms with Gasteiger partial charge in [0.1, 0.15) is 0 Å². The lowest BCUT2D eigenvalue weighted by molar-refractivity contribution is -0.0271. The summed E-state index contributed by atoms with van der Waals surface area (Å²) in [6.07, 6.45) is 4.76. The molecule has 2 unspecified atom stereocenters. The van der Waals surface area contributed by atoms with Crippen molar-refractivity contribution in [1.82, 2.24) is 9.78 Å². The van der Waals surface area contributed by atoms with Crippen molar-refractivity contribution >= 4 is 15.9 Å². The summed E-state index contributed by atoms with van der Waals surface area (Å²) in [7, 11) is 1.87. The van der Waals surface area contributed by atoms with E-state index in [0.29, 0.717) is 6.42 Å². The summed E-state index contributed by atoms with van der Waals surface area (Å²) in [5.41, 5.74) is 1.86. The van der Waals surface area contributed by atoms with Gasteiger partial charge in [0, 0.05) is 13.5 Å². The number of aliphatic hydroxyl groups is 2. The third kappa shape index (κ3) is 3.38. The maximum absolute atomic E-state index is 10.3. The molecule has 2 N–H and O–H groups in total. The van der Waals surface area contributed by atoms with Gasteiger partial charge in [0.05, 0.1) is 28.1 Å². The van der Waals surface area contributed by atoms with Crippen LogP contribution in [0, 0.1) is 12.8 Å². The average molecular weight is 331 g/mol. The second-order valence-corrected chi connectivity index (χ2v) is 6.42. The Bertz CT molecular complexity index is 427. The van der Waals surface area contributed by atoms with Crippen molar-refractivity contribution in [3.63, 3.8) is 0 Å². The van der Waals surface area contributed by atoms with Crippen LogP contribution in [-0.4, -0.2) is 32.2 Å². The quantitative estimate of drug-likeness (QED) is 0.890. The zero-order chi connectivity index (χ0) is 14.0. The average Bonchev–Trinajstić information content (AvgIpc) is 2.65. The van der Waals surface area contributed by atoms with Crippen molar-refractivity contribution in [3.8, 4) is 0 Å². The molecule has 0 aliphatic heterocycles. The Morgan fingerprint density at radius 1 is 1.32 bits per heavy atom. The van der Waals surface area contributed by atoms with Crippen molar-refractivity contribution in [2.24, 2.45) is 13.0 Å². The lowest BCUT2D eigenvalue weighted by Gasteiger charge is -2.29. The Morgan fingerprint density at radius 2 is 1.95 bits per heavy atom. The van der Waals surface area contributed by atoms with Crippen LogP contribution >= 0.6 is 15.9 Å². The number of hydrogen-bond donors (Lipinski definition) is 2. The lowest BCUT2D eigenvalue weighted by atomic mass is 9.82.